The summed E-state index contributed by atoms with van der Waals surface area (Å²) in [6, 6.07) is 5.49. The highest BCUT2D eigenvalue weighted by molar-refractivity contribution is 7.15. The Labute approximate surface area is 182 Å². The first-order valence-corrected chi connectivity index (χ1v) is 11.8. The lowest BCUT2D eigenvalue weighted by atomic mass is 9.86. The first kappa shape index (κ1) is 19.9. The van der Waals surface area contributed by atoms with Gasteiger partial charge in [-0.05, 0) is 48.4 Å². The number of carbonyl (C=O) groups excluding carboxylic acids is 1. The maximum absolute atomic E-state index is 12.8. The average Bonchev–Trinajstić information content (AvgIpc) is 3.30. The van der Waals surface area contributed by atoms with E-state index in [1.807, 2.05) is 17.5 Å². The van der Waals surface area contributed by atoms with Crippen LogP contribution in [0.15, 0.2) is 29.8 Å². The average molecular weight is 451 g/mol. The van der Waals surface area contributed by atoms with Crippen LogP contribution in [0.1, 0.15) is 51.0 Å². The number of hydrogen-bond donors (Lipinski definition) is 1. The molecule has 0 saturated carbocycles. The third-order valence-corrected chi connectivity index (χ3v) is 7.78. The minimum atomic E-state index is -0.0575. The molecule has 0 aliphatic heterocycles. The number of aromatic nitrogens is 1. The van der Waals surface area contributed by atoms with Crippen LogP contribution in [-0.2, 0) is 19.3 Å². The largest absolute Gasteiger partial charge is 0.298 e. The number of hydrogen-bond acceptors (Lipinski definition) is 4. The number of amides is 1. The number of rotatable bonds is 5. The summed E-state index contributed by atoms with van der Waals surface area (Å²) in [5, 5.41) is 6.85. The molecule has 3 nitrogen and oxygen atoms in total. The molecule has 1 aliphatic carbocycles. The van der Waals surface area contributed by atoms with Crippen molar-refractivity contribution < 1.29 is 4.79 Å². The Morgan fingerprint density at radius 2 is 2.21 bits per heavy atom. The van der Waals surface area contributed by atoms with Gasteiger partial charge in [-0.25, -0.2) is 4.98 Å². The molecule has 4 rings (SSSR count). The second-order valence-electron chi connectivity index (χ2n) is 7.07. The quantitative estimate of drug-likeness (QED) is 0.460. The lowest BCUT2D eigenvalue weighted by molar-refractivity contribution is 0.102. The van der Waals surface area contributed by atoms with E-state index < -0.39 is 0 Å². The van der Waals surface area contributed by atoms with Crippen LogP contribution in [0, 0.1) is 5.92 Å². The molecule has 0 fully saturated rings. The highest BCUT2D eigenvalue weighted by atomic mass is 35.5. The van der Waals surface area contributed by atoms with Gasteiger partial charge in [-0.1, -0.05) is 42.6 Å². The van der Waals surface area contributed by atoms with Crippen LogP contribution in [0.2, 0.25) is 10.0 Å². The van der Waals surface area contributed by atoms with Crippen molar-refractivity contribution in [1.82, 2.24) is 4.98 Å². The molecule has 0 bridgehead atoms. The Bertz CT molecular complexity index is 1010. The summed E-state index contributed by atoms with van der Waals surface area (Å²) in [6.07, 6.45) is 6.93. The lowest BCUT2D eigenvalue weighted by Crippen LogP contribution is -2.17. The minimum Gasteiger partial charge on any atom is -0.298 e. The van der Waals surface area contributed by atoms with Crippen LogP contribution in [0.4, 0.5) is 5.13 Å². The maximum Gasteiger partial charge on any atom is 0.258 e. The van der Waals surface area contributed by atoms with Gasteiger partial charge < -0.3 is 0 Å². The van der Waals surface area contributed by atoms with Crippen molar-refractivity contribution in [2.75, 3.05) is 5.32 Å². The van der Waals surface area contributed by atoms with E-state index in [2.05, 4.69) is 17.2 Å². The van der Waals surface area contributed by atoms with E-state index in [4.69, 9.17) is 23.2 Å². The van der Waals surface area contributed by atoms with E-state index in [-0.39, 0.29) is 5.91 Å². The molecule has 0 spiro atoms. The first-order chi connectivity index (χ1) is 13.5. The lowest BCUT2D eigenvalue weighted by Gasteiger charge is -2.21. The Morgan fingerprint density at radius 1 is 1.36 bits per heavy atom. The zero-order chi connectivity index (χ0) is 19.7. The molecule has 7 heteroatoms. The summed E-state index contributed by atoms with van der Waals surface area (Å²) >= 11 is 15.4. The Hall–Kier alpha value is -1.40. The van der Waals surface area contributed by atoms with Crippen molar-refractivity contribution in [2.24, 2.45) is 5.92 Å². The monoisotopic (exact) mass is 450 g/mol. The topological polar surface area (TPSA) is 42.0 Å². The number of halogens is 2. The highest BCUT2D eigenvalue weighted by Crippen LogP contribution is 2.35. The maximum atomic E-state index is 12.8. The van der Waals surface area contributed by atoms with Crippen LogP contribution < -0.4 is 5.32 Å². The molecule has 1 unspecified atom stereocenters. The molecule has 1 atom stereocenters. The number of thiophene rings is 1. The van der Waals surface area contributed by atoms with E-state index in [0.717, 1.165) is 34.8 Å². The van der Waals surface area contributed by atoms with Gasteiger partial charge in [-0.3, -0.25) is 10.1 Å². The van der Waals surface area contributed by atoms with Crippen molar-refractivity contribution in [1.29, 1.82) is 0 Å². The highest BCUT2D eigenvalue weighted by Gasteiger charge is 2.24. The molecule has 1 aliphatic rings. The van der Waals surface area contributed by atoms with Gasteiger partial charge in [-0.15, -0.1) is 22.7 Å². The normalized spacial score (nSPS) is 16.0. The molecular formula is C21H20Cl2N2OS2. The number of anilines is 1. The Kier molecular flexibility index (Phi) is 6.07. The molecule has 0 saturated heterocycles. The van der Waals surface area contributed by atoms with Crippen molar-refractivity contribution in [3.8, 4) is 0 Å². The second-order valence-corrected chi connectivity index (χ2v) is 9.99. The third kappa shape index (κ3) is 4.28. The third-order valence-electron chi connectivity index (χ3n) is 5.23. The predicted molar refractivity (Wildman–Crippen MR) is 119 cm³/mol. The van der Waals surface area contributed by atoms with Crippen LogP contribution >= 0.6 is 45.9 Å². The van der Waals surface area contributed by atoms with Crippen LogP contribution in [0.5, 0.6) is 0 Å². The van der Waals surface area contributed by atoms with Crippen molar-refractivity contribution >= 4 is 56.9 Å². The van der Waals surface area contributed by atoms with Gasteiger partial charge in [0, 0.05) is 37.8 Å². The number of fused-ring (bicyclic) bond motifs is 1. The molecular weight excluding hydrogens is 431 g/mol. The van der Waals surface area contributed by atoms with E-state index in [1.165, 1.54) is 34.6 Å². The Balaban J connectivity index is 1.44. The summed E-state index contributed by atoms with van der Waals surface area (Å²) in [5.74, 6) is 0.696. The van der Waals surface area contributed by atoms with Crippen molar-refractivity contribution in [3.05, 3.63) is 66.3 Å². The van der Waals surface area contributed by atoms with Gasteiger partial charge in [0.25, 0.3) is 5.91 Å². The van der Waals surface area contributed by atoms with Crippen LogP contribution in [-0.4, -0.2) is 10.9 Å². The van der Waals surface area contributed by atoms with E-state index in [1.54, 1.807) is 23.6 Å². The molecule has 1 aromatic carbocycles. The fourth-order valence-corrected chi connectivity index (χ4v) is 6.09. The zero-order valence-corrected chi connectivity index (χ0v) is 18.6. The zero-order valence-electron chi connectivity index (χ0n) is 15.4. The predicted octanol–water partition coefficient (Wildman–Crippen LogP) is 6.87. The van der Waals surface area contributed by atoms with Crippen molar-refractivity contribution in [3.63, 3.8) is 0 Å². The summed E-state index contributed by atoms with van der Waals surface area (Å²) in [6.45, 7) is 2.24. The van der Waals surface area contributed by atoms with Gasteiger partial charge >= 0.3 is 0 Å². The van der Waals surface area contributed by atoms with Gasteiger partial charge in [0.05, 0.1) is 5.56 Å². The Morgan fingerprint density at radius 3 is 3.00 bits per heavy atom. The van der Waals surface area contributed by atoms with E-state index >= 15 is 0 Å². The second kappa shape index (κ2) is 8.54. The first-order valence-electron chi connectivity index (χ1n) is 9.32. The molecule has 1 N–H and O–H groups in total. The molecule has 0 radical (unpaired) electrons. The smallest absolute Gasteiger partial charge is 0.258 e. The molecule has 1 amide bonds. The number of nitrogens with one attached hydrogen (secondary N) is 1. The number of thiazole rings is 1. The SMILES string of the molecule is CCC1CCc2c(C(=O)Nc3ncc(Cc4ccc(Cl)cc4Cl)s3)csc2C1. The van der Waals surface area contributed by atoms with E-state index in [0.29, 0.717) is 21.6 Å². The molecule has 2 aromatic heterocycles. The minimum absolute atomic E-state index is 0.0575. The molecule has 28 heavy (non-hydrogen) atoms. The van der Waals surface area contributed by atoms with E-state index in [9.17, 15) is 4.79 Å². The number of nitrogens with zero attached hydrogens (tertiary/aromatic N) is 1. The van der Waals surface area contributed by atoms with Gasteiger partial charge in [0.15, 0.2) is 5.13 Å². The summed E-state index contributed by atoms with van der Waals surface area (Å²) < 4.78 is 0. The summed E-state index contributed by atoms with van der Waals surface area (Å²) in [4.78, 5) is 19.6. The van der Waals surface area contributed by atoms with Gasteiger partial charge in [0.2, 0.25) is 0 Å². The number of carbonyl (C=O) groups is 1. The fourth-order valence-electron chi connectivity index (χ4n) is 3.58. The summed E-state index contributed by atoms with van der Waals surface area (Å²) in [7, 11) is 0. The van der Waals surface area contributed by atoms with Crippen LogP contribution in [0.3, 0.4) is 0 Å². The number of benzene rings is 1. The molecule has 146 valence electrons. The van der Waals surface area contributed by atoms with Crippen molar-refractivity contribution in [2.45, 2.75) is 39.0 Å². The van der Waals surface area contributed by atoms with Gasteiger partial charge in [0.1, 0.15) is 0 Å². The summed E-state index contributed by atoms with van der Waals surface area (Å²) in [5.41, 5.74) is 3.04. The van der Waals surface area contributed by atoms with Crippen LogP contribution in [0.25, 0.3) is 0 Å². The van der Waals surface area contributed by atoms with Gasteiger partial charge in [-0.2, -0.15) is 0 Å². The standard InChI is InChI=1S/C21H20Cl2N2OS2/c1-2-12-3-6-16-17(11-27-19(16)7-12)20(26)25-21-24-10-15(28-21)8-13-4-5-14(22)9-18(13)23/h4-5,9-12H,2-3,6-8H2,1H3,(H,24,25,26). The fraction of sp³-hybridized carbons (Fsp3) is 0.333. The molecule has 2 heterocycles. The molecule has 3 aromatic rings.